The molecule has 1 amide bonds. The summed E-state index contributed by atoms with van der Waals surface area (Å²) in [5.41, 5.74) is 1.80. The van der Waals surface area contributed by atoms with Gasteiger partial charge in [-0.05, 0) is 23.6 Å². The topological polar surface area (TPSA) is 38.3 Å². The first kappa shape index (κ1) is 11.9. The first-order valence-corrected chi connectivity index (χ1v) is 5.17. The van der Waals surface area contributed by atoms with Crippen molar-refractivity contribution < 1.29 is 9.53 Å². The number of rotatable bonds is 3. The van der Waals surface area contributed by atoms with Gasteiger partial charge in [-0.2, -0.15) is 0 Å². The van der Waals surface area contributed by atoms with E-state index in [-0.39, 0.29) is 0 Å². The molecule has 0 spiro atoms. The Morgan fingerprint density at radius 1 is 1.47 bits per heavy atom. The lowest BCUT2D eigenvalue weighted by atomic mass is 10.0. The van der Waals surface area contributed by atoms with Crippen molar-refractivity contribution in [3.63, 3.8) is 0 Å². The number of carbonyl (C=O) groups excluding carboxylic acids is 1. The maximum Gasteiger partial charge on any atom is 0.280 e. The van der Waals surface area contributed by atoms with Crippen LogP contribution in [0.15, 0.2) is 18.2 Å². The lowest BCUT2D eigenvalue weighted by Crippen LogP contribution is -2.04. The van der Waals surface area contributed by atoms with Gasteiger partial charge in [-0.25, -0.2) is 0 Å². The Morgan fingerprint density at radius 2 is 2.13 bits per heavy atom. The summed E-state index contributed by atoms with van der Waals surface area (Å²) in [4.78, 5) is 10.9. The molecule has 1 aromatic carbocycles. The number of ether oxygens (including phenoxy) is 1. The quantitative estimate of drug-likeness (QED) is 0.775. The molecule has 1 aromatic rings. The summed E-state index contributed by atoms with van der Waals surface area (Å²) < 4.78 is 5.13. The molecule has 0 bridgehead atoms. The zero-order chi connectivity index (χ0) is 11.4. The number of methoxy groups -OCH3 is 1. The van der Waals surface area contributed by atoms with E-state index in [4.69, 9.17) is 4.74 Å². The molecule has 0 aliphatic rings. The van der Waals surface area contributed by atoms with Crippen molar-refractivity contribution in [2.45, 2.75) is 19.8 Å². The minimum atomic E-state index is -0.394. The number of hydrogen-bond donors (Lipinski definition) is 2. The number of anilines is 1. The maximum atomic E-state index is 10.9. The van der Waals surface area contributed by atoms with Gasteiger partial charge in [0.25, 0.3) is 5.24 Å². The number of nitrogens with one attached hydrogen (secondary N) is 1. The second-order valence-electron chi connectivity index (χ2n) is 3.54. The van der Waals surface area contributed by atoms with E-state index in [1.807, 2.05) is 18.2 Å². The summed E-state index contributed by atoms with van der Waals surface area (Å²) in [6.45, 7) is 4.18. The van der Waals surface area contributed by atoms with Crippen LogP contribution >= 0.6 is 12.6 Å². The molecule has 0 unspecified atom stereocenters. The molecule has 0 fully saturated rings. The van der Waals surface area contributed by atoms with E-state index < -0.39 is 5.24 Å². The van der Waals surface area contributed by atoms with Crippen LogP contribution in [-0.4, -0.2) is 12.3 Å². The number of hydrogen-bond acceptors (Lipinski definition) is 2. The third-order valence-corrected chi connectivity index (χ3v) is 2.24. The molecular weight excluding hydrogens is 210 g/mol. The fourth-order valence-electron chi connectivity index (χ4n) is 1.30. The third-order valence-electron chi connectivity index (χ3n) is 2.13. The Labute approximate surface area is 95.2 Å². The van der Waals surface area contributed by atoms with Crippen LogP contribution in [-0.2, 0) is 0 Å². The average molecular weight is 225 g/mol. The van der Waals surface area contributed by atoms with Crippen LogP contribution in [0.5, 0.6) is 5.75 Å². The third kappa shape index (κ3) is 3.16. The van der Waals surface area contributed by atoms with E-state index in [0.29, 0.717) is 17.4 Å². The van der Waals surface area contributed by atoms with Crippen molar-refractivity contribution in [1.29, 1.82) is 0 Å². The minimum absolute atomic E-state index is 0.394. The van der Waals surface area contributed by atoms with E-state index in [1.165, 1.54) is 0 Å². The minimum Gasteiger partial charge on any atom is -0.495 e. The fourth-order valence-corrected chi connectivity index (χ4v) is 1.42. The molecule has 0 aromatic heterocycles. The number of amides is 1. The van der Waals surface area contributed by atoms with Crippen LogP contribution in [0.1, 0.15) is 25.3 Å². The van der Waals surface area contributed by atoms with Gasteiger partial charge < -0.3 is 10.1 Å². The average Bonchev–Trinajstić information content (AvgIpc) is 2.16. The van der Waals surface area contributed by atoms with Gasteiger partial charge in [0.1, 0.15) is 5.75 Å². The van der Waals surface area contributed by atoms with Gasteiger partial charge in [-0.3, -0.25) is 4.79 Å². The highest BCUT2D eigenvalue weighted by Crippen LogP contribution is 2.28. The predicted molar refractivity (Wildman–Crippen MR) is 65.1 cm³/mol. The van der Waals surface area contributed by atoms with Gasteiger partial charge in [0.2, 0.25) is 0 Å². The Kier molecular flexibility index (Phi) is 4.03. The second-order valence-corrected chi connectivity index (χ2v) is 3.95. The first-order chi connectivity index (χ1) is 7.04. The number of thiol groups is 1. The summed E-state index contributed by atoms with van der Waals surface area (Å²) in [5.74, 6) is 1.05. The molecule has 15 heavy (non-hydrogen) atoms. The van der Waals surface area contributed by atoms with Crippen molar-refractivity contribution in [3.05, 3.63) is 23.8 Å². The molecule has 82 valence electrons. The van der Waals surface area contributed by atoms with Crippen molar-refractivity contribution >= 4 is 23.6 Å². The van der Waals surface area contributed by atoms with E-state index >= 15 is 0 Å². The first-order valence-electron chi connectivity index (χ1n) is 4.72. The normalized spacial score (nSPS) is 10.2. The second kappa shape index (κ2) is 5.07. The summed E-state index contributed by atoms with van der Waals surface area (Å²) in [6, 6.07) is 5.73. The molecule has 0 heterocycles. The molecular formula is C11H15NO2S. The van der Waals surface area contributed by atoms with E-state index in [9.17, 15) is 4.79 Å². The summed E-state index contributed by atoms with van der Waals surface area (Å²) >= 11 is 3.68. The fraction of sp³-hybridized carbons (Fsp3) is 0.364. The van der Waals surface area contributed by atoms with Crippen molar-refractivity contribution in [3.8, 4) is 5.75 Å². The van der Waals surface area contributed by atoms with Crippen LogP contribution in [0.2, 0.25) is 0 Å². The van der Waals surface area contributed by atoms with Crippen molar-refractivity contribution in [2.75, 3.05) is 12.4 Å². The zero-order valence-corrected chi connectivity index (χ0v) is 9.97. The van der Waals surface area contributed by atoms with Crippen LogP contribution in [0.4, 0.5) is 10.5 Å². The summed E-state index contributed by atoms with van der Waals surface area (Å²) in [6.07, 6.45) is 0. The molecule has 3 nitrogen and oxygen atoms in total. The lowest BCUT2D eigenvalue weighted by molar-refractivity contribution is 0.270. The van der Waals surface area contributed by atoms with E-state index in [1.54, 1.807) is 7.11 Å². The molecule has 0 aliphatic carbocycles. The Bertz CT molecular complexity index is 364. The standard InChI is InChI=1S/C11H15NO2S/c1-7(2)8-4-5-10(14-3)9(6-8)12-11(13)15/h4-7H,1-3H3,(H2,12,13,15). The zero-order valence-electron chi connectivity index (χ0n) is 9.07. The highest BCUT2D eigenvalue weighted by molar-refractivity contribution is 7.96. The predicted octanol–water partition coefficient (Wildman–Crippen LogP) is 3.28. The van der Waals surface area contributed by atoms with Gasteiger partial charge >= 0.3 is 0 Å². The van der Waals surface area contributed by atoms with Gasteiger partial charge in [-0.15, -0.1) is 0 Å². The number of benzene rings is 1. The smallest absolute Gasteiger partial charge is 0.280 e. The highest BCUT2D eigenvalue weighted by Gasteiger charge is 2.07. The Balaban J connectivity index is 3.07. The van der Waals surface area contributed by atoms with Gasteiger partial charge in [-0.1, -0.05) is 32.5 Å². The molecule has 1 N–H and O–H groups in total. The van der Waals surface area contributed by atoms with Gasteiger partial charge in [0.05, 0.1) is 12.8 Å². The Morgan fingerprint density at radius 3 is 2.60 bits per heavy atom. The van der Waals surface area contributed by atoms with Crippen LogP contribution in [0.25, 0.3) is 0 Å². The Hall–Kier alpha value is -1.16. The summed E-state index contributed by atoms with van der Waals surface area (Å²) in [7, 11) is 1.57. The van der Waals surface area contributed by atoms with Crippen LogP contribution < -0.4 is 10.1 Å². The molecule has 0 radical (unpaired) electrons. The molecule has 0 saturated carbocycles. The van der Waals surface area contributed by atoms with Crippen molar-refractivity contribution in [1.82, 2.24) is 0 Å². The van der Waals surface area contributed by atoms with Gasteiger partial charge in [0, 0.05) is 0 Å². The molecule has 0 atom stereocenters. The molecule has 0 saturated heterocycles. The van der Waals surface area contributed by atoms with Crippen molar-refractivity contribution in [2.24, 2.45) is 0 Å². The largest absolute Gasteiger partial charge is 0.495 e. The lowest BCUT2D eigenvalue weighted by Gasteiger charge is -2.12. The summed E-state index contributed by atoms with van der Waals surface area (Å²) in [5, 5.41) is 2.23. The maximum absolute atomic E-state index is 10.9. The molecule has 0 aliphatic heterocycles. The van der Waals surface area contributed by atoms with E-state index in [0.717, 1.165) is 5.56 Å². The van der Waals surface area contributed by atoms with E-state index in [2.05, 4.69) is 31.8 Å². The highest BCUT2D eigenvalue weighted by atomic mass is 32.1. The SMILES string of the molecule is COc1ccc(C(C)C)cc1NC(=O)S. The monoisotopic (exact) mass is 225 g/mol. The van der Waals surface area contributed by atoms with Crippen LogP contribution in [0.3, 0.4) is 0 Å². The number of carbonyl (C=O) groups is 1. The van der Waals surface area contributed by atoms with Gasteiger partial charge in [0.15, 0.2) is 0 Å². The van der Waals surface area contributed by atoms with Crippen LogP contribution in [0, 0.1) is 0 Å². The molecule has 4 heteroatoms. The molecule has 1 rings (SSSR count).